The molecule has 0 spiro atoms. The molecule has 0 fully saturated rings. The molecule has 0 radical (unpaired) electrons. The molecule has 6 nitrogen and oxygen atoms in total. The highest BCUT2D eigenvalue weighted by molar-refractivity contribution is 5.64. The van der Waals surface area contributed by atoms with Gasteiger partial charge in [0.1, 0.15) is 5.82 Å². The van der Waals surface area contributed by atoms with E-state index in [-0.39, 0.29) is 18.2 Å². The maximum Gasteiger partial charge on any atom is 0.416 e. The average Bonchev–Trinajstić information content (AvgIpc) is 2.68. The van der Waals surface area contributed by atoms with Crippen LogP contribution in [0, 0.1) is 0 Å². The summed E-state index contributed by atoms with van der Waals surface area (Å²) in [5.74, 6) is 0.820. The number of hydrogen-bond donors (Lipinski definition) is 3. The lowest BCUT2D eigenvalue weighted by Gasteiger charge is -2.11. The maximum atomic E-state index is 12.9. The van der Waals surface area contributed by atoms with E-state index in [4.69, 9.17) is 5.11 Å². The van der Waals surface area contributed by atoms with Crippen molar-refractivity contribution >= 4 is 17.5 Å². The molecule has 0 unspecified atom stereocenters. The molecule has 0 bridgehead atoms. The molecular formula is C19H18F3N5O. The van der Waals surface area contributed by atoms with Crippen LogP contribution >= 0.6 is 0 Å². The molecule has 2 heterocycles. The van der Waals surface area contributed by atoms with Crippen LogP contribution in [-0.2, 0) is 6.18 Å². The zero-order valence-corrected chi connectivity index (χ0v) is 14.7. The van der Waals surface area contributed by atoms with Gasteiger partial charge < -0.3 is 15.7 Å². The van der Waals surface area contributed by atoms with E-state index in [2.05, 4.69) is 25.6 Å². The fourth-order valence-electron chi connectivity index (χ4n) is 2.46. The van der Waals surface area contributed by atoms with Gasteiger partial charge in [-0.15, -0.1) is 0 Å². The number of aliphatic hydroxyl groups is 1. The highest BCUT2D eigenvalue weighted by Crippen LogP contribution is 2.31. The summed E-state index contributed by atoms with van der Waals surface area (Å²) in [6.45, 7) is 0.669. The second-order valence-corrected chi connectivity index (χ2v) is 5.90. The first-order chi connectivity index (χ1) is 13.5. The van der Waals surface area contributed by atoms with Gasteiger partial charge in [-0.05, 0) is 42.8 Å². The number of anilines is 3. The third kappa shape index (κ3) is 5.17. The number of pyridine rings is 1. The first-order valence-electron chi connectivity index (χ1n) is 8.54. The normalized spacial score (nSPS) is 11.3. The molecule has 1 aromatic carbocycles. The van der Waals surface area contributed by atoms with Crippen molar-refractivity contribution in [2.45, 2.75) is 12.6 Å². The Morgan fingerprint density at radius 2 is 1.82 bits per heavy atom. The number of nitrogens with one attached hydrogen (secondary N) is 2. The van der Waals surface area contributed by atoms with Crippen molar-refractivity contribution in [2.75, 3.05) is 23.8 Å². The lowest BCUT2D eigenvalue weighted by molar-refractivity contribution is -0.137. The number of nitrogens with zero attached hydrogens (tertiary/aromatic N) is 3. The lowest BCUT2D eigenvalue weighted by atomic mass is 10.2. The van der Waals surface area contributed by atoms with Gasteiger partial charge in [-0.2, -0.15) is 13.2 Å². The minimum atomic E-state index is -4.42. The van der Waals surface area contributed by atoms with Crippen molar-refractivity contribution in [3.05, 3.63) is 60.4 Å². The summed E-state index contributed by atoms with van der Waals surface area (Å²) < 4.78 is 38.6. The molecular weight excluding hydrogens is 371 g/mol. The van der Waals surface area contributed by atoms with Gasteiger partial charge in [-0.25, -0.2) is 15.0 Å². The van der Waals surface area contributed by atoms with Crippen LogP contribution in [0.2, 0.25) is 0 Å². The fourth-order valence-corrected chi connectivity index (χ4v) is 2.46. The first-order valence-corrected chi connectivity index (χ1v) is 8.54. The Bertz CT molecular complexity index is 933. The predicted octanol–water partition coefficient (Wildman–Crippen LogP) is 4.10. The number of aliphatic hydroxyl groups excluding tert-OH is 1. The molecule has 0 saturated heterocycles. The molecule has 3 rings (SSSR count). The quantitative estimate of drug-likeness (QED) is 0.528. The van der Waals surface area contributed by atoms with Crippen LogP contribution in [0.3, 0.4) is 0 Å². The fraction of sp³-hybridized carbons (Fsp3) is 0.211. The Balaban J connectivity index is 1.79. The molecule has 28 heavy (non-hydrogen) atoms. The Kier molecular flexibility index (Phi) is 6.05. The van der Waals surface area contributed by atoms with Crippen LogP contribution in [0.1, 0.15) is 12.0 Å². The zero-order chi connectivity index (χ0) is 20.0. The summed E-state index contributed by atoms with van der Waals surface area (Å²) in [5, 5.41) is 14.7. The summed E-state index contributed by atoms with van der Waals surface area (Å²) >= 11 is 0. The molecule has 146 valence electrons. The topological polar surface area (TPSA) is 83.0 Å². The highest BCUT2D eigenvalue weighted by Gasteiger charge is 2.30. The predicted molar refractivity (Wildman–Crippen MR) is 100 cm³/mol. The van der Waals surface area contributed by atoms with Crippen LogP contribution in [0.25, 0.3) is 11.3 Å². The summed E-state index contributed by atoms with van der Waals surface area (Å²) in [6, 6.07) is 10.1. The average molecular weight is 389 g/mol. The van der Waals surface area contributed by atoms with Crippen LogP contribution in [0.4, 0.5) is 30.6 Å². The number of rotatable bonds is 7. The molecule has 0 atom stereocenters. The van der Waals surface area contributed by atoms with Gasteiger partial charge in [0.15, 0.2) is 0 Å². The number of hydrogen-bond acceptors (Lipinski definition) is 6. The lowest BCUT2D eigenvalue weighted by Crippen LogP contribution is -2.06. The van der Waals surface area contributed by atoms with E-state index in [0.29, 0.717) is 24.5 Å². The Morgan fingerprint density at radius 3 is 2.61 bits per heavy atom. The molecule has 0 aliphatic carbocycles. The Hall–Kier alpha value is -3.20. The van der Waals surface area contributed by atoms with Gasteiger partial charge >= 0.3 is 6.18 Å². The van der Waals surface area contributed by atoms with Gasteiger partial charge in [-0.1, -0.05) is 6.07 Å². The van der Waals surface area contributed by atoms with Crippen molar-refractivity contribution in [2.24, 2.45) is 0 Å². The Morgan fingerprint density at radius 1 is 1.00 bits per heavy atom. The molecule has 0 amide bonds. The van der Waals surface area contributed by atoms with E-state index in [1.165, 1.54) is 18.3 Å². The summed E-state index contributed by atoms with van der Waals surface area (Å²) in [6.07, 6.45) is -0.669. The van der Waals surface area contributed by atoms with E-state index in [0.717, 1.165) is 17.7 Å². The third-order valence-corrected chi connectivity index (χ3v) is 3.80. The molecule has 0 saturated carbocycles. The second-order valence-electron chi connectivity index (χ2n) is 5.90. The largest absolute Gasteiger partial charge is 0.416 e. The van der Waals surface area contributed by atoms with Crippen LogP contribution in [0.5, 0.6) is 0 Å². The van der Waals surface area contributed by atoms with Crippen molar-refractivity contribution in [1.82, 2.24) is 15.0 Å². The van der Waals surface area contributed by atoms with Gasteiger partial charge in [-0.3, -0.25) is 0 Å². The molecule has 3 aromatic rings. The minimum Gasteiger partial charge on any atom is -0.396 e. The minimum absolute atomic E-state index is 0.0865. The van der Waals surface area contributed by atoms with E-state index in [1.807, 2.05) is 0 Å². The van der Waals surface area contributed by atoms with Crippen LogP contribution in [0.15, 0.2) is 54.9 Å². The summed E-state index contributed by atoms with van der Waals surface area (Å²) in [4.78, 5) is 12.6. The second kappa shape index (κ2) is 8.66. The van der Waals surface area contributed by atoms with Gasteiger partial charge in [0.25, 0.3) is 0 Å². The molecule has 9 heteroatoms. The van der Waals surface area contributed by atoms with Crippen LogP contribution in [-0.4, -0.2) is 33.2 Å². The van der Waals surface area contributed by atoms with Crippen LogP contribution < -0.4 is 10.6 Å². The standard InChI is InChI=1S/C19H18F3N5O/c20-19(21,22)14-3-1-4-15(12-14)26-18-25-9-6-16(27-18)13-5-8-24-17(11-13)23-7-2-10-28/h1,3-6,8-9,11-12,28H,2,7,10H2,(H,23,24)(H,25,26,27). The first kappa shape index (κ1) is 19.6. The third-order valence-electron chi connectivity index (χ3n) is 3.80. The number of aromatic nitrogens is 3. The van der Waals surface area contributed by atoms with E-state index in [9.17, 15) is 13.2 Å². The zero-order valence-electron chi connectivity index (χ0n) is 14.7. The molecule has 0 aliphatic rings. The van der Waals surface area contributed by atoms with Crippen molar-refractivity contribution in [3.8, 4) is 11.3 Å². The monoisotopic (exact) mass is 389 g/mol. The van der Waals surface area contributed by atoms with Gasteiger partial charge in [0, 0.05) is 36.8 Å². The van der Waals surface area contributed by atoms with E-state index >= 15 is 0 Å². The van der Waals surface area contributed by atoms with Crippen molar-refractivity contribution in [1.29, 1.82) is 0 Å². The van der Waals surface area contributed by atoms with Gasteiger partial charge in [0.2, 0.25) is 5.95 Å². The van der Waals surface area contributed by atoms with Crippen molar-refractivity contribution in [3.63, 3.8) is 0 Å². The summed E-state index contributed by atoms with van der Waals surface area (Å²) in [7, 11) is 0. The Labute approximate surface area is 159 Å². The number of alkyl halides is 3. The van der Waals surface area contributed by atoms with Gasteiger partial charge in [0.05, 0.1) is 11.3 Å². The van der Waals surface area contributed by atoms with Crippen molar-refractivity contribution < 1.29 is 18.3 Å². The summed E-state index contributed by atoms with van der Waals surface area (Å²) in [5.41, 5.74) is 0.863. The molecule has 3 N–H and O–H groups in total. The molecule has 0 aliphatic heterocycles. The maximum absolute atomic E-state index is 12.9. The smallest absolute Gasteiger partial charge is 0.396 e. The number of benzene rings is 1. The van der Waals surface area contributed by atoms with E-state index in [1.54, 1.807) is 24.4 Å². The molecule has 2 aromatic heterocycles. The highest BCUT2D eigenvalue weighted by atomic mass is 19.4. The van der Waals surface area contributed by atoms with E-state index < -0.39 is 11.7 Å². The number of halogens is 3. The SMILES string of the molecule is OCCCNc1cc(-c2ccnc(Nc3cccc(C(F)(F)F)c3)n2)ccn1.